The van der Waals surface area contributed by atoms with Crippen molar-refractivity contribution in [2.24, 2.45) is 0 Å². The molecule has 0 spiro atoms. The Bertz CT molecular complexity index is 766. The van der Waals surface area contributed by atoms with Crippen LogP contribution in [0.2, 0.25) is 0 Å². The van der Waals surface area contributed by atoms with Crippen molar-refractivity contribution in [3.05, 3.63) is 39.0 Å². The first kappa shape index (κ1) is 15.5. The van der Waals surface area contributed by atoms with E-state index in [9.17, 15) is 26.3 Å². The SMILES string of the molecule is FC(F)(F)c1cc(C(F)(F)F)c2c(Br)cc3c(c2n1)CNC3. The molecule has 0 aliphatic carbocycles. The van der Waals surface area contributed by atoms with Crippen LogP contribution in [0.3, 0.4) is 0 Å². The molecule has 0 radical (unpaired) electrons. The summed E-state index contributed by atoms with van der Waals surface area (Å²) in [6.45, 7) is 0.563. The summed E-state index contributed by atoms with van der Waals surface area (Å²) in [6.07, 6.45) is -9.86. The molecule has 1 aliphatic rings. The average Bonchev–Trinajstić information content (AvgIpc) is 2.83. The van der Waals surface area contributed by atoms with E-state index < -0.39 is 23.6 Å². The van der Waals surface area contributed by atoms with Gasteiger partial charge in [0.15, 0.2) is 0 Å². The van der Waals surface area contributed by atoms with Gasteiger partial charge in [-0.3, -0.25) is 0 Å². The molecule has 2 aromatic rings. The number of benzene rings is 1. The molecule has 1 aromatic carbocycles. The molecule has 1 aromatic heterocycles. The average molecular weight is 385 g/mol. The number of fused-ring (bicyclic) bond motifs is 3. The lowest BCUT2D eigenvalue weighted by atomic mass is 10.0. The minimum atomic E-state index is -4.95. The fourth-order valence-electron chi connectivity index (χ4n) is 2.52. The number of alkyl halides is 6. The minimum Gasteiger partial charge on any atom is -0.309 e. The molecule has 0 saturated carbocycles. The number of nitrogens with zero attached hydrogens (tertiary/aromatic N) is 1. The summed E-state index contributed by atoms with van der Waals surface area (Å²) in [6, 6.07) is 1.55. The lowest BCUT2D eigenvalue weighted by Crippen LogP contribution is -2.14. The highest BCUT2D eigenvalue weighted by molar-refractivity contribution is 9.10. The van der Waals surface area contributed by atoms with Crippen molar-refractivity contribution in [1.82, 2.24) is 10.3 Å². The van der Waals surface area contributed by atoms with Crippen LogP contribution in [0, 0.1) is 0 Å². The molecule has 0 atom stereocenters. The molecular weight excluding hydrogens is 378 g/mol. The van der Waals surface area contributed by atoms with E-state index in [1.807, 2.05) is 0 Å². The molecule has 0 amide bonds. The summed E-state index contributed by atoms with van der Waals surface area (Å²) >= 11 is 3.02. The molecule has 0 unspecified atom stereocenters. The first-order valence-electron chi connectivity index (χ1n) is 6.09. The predicted octanol–water partition coefficient (Wildman–Crippen LogP) is 4.64. The van der Waals surface area contributed by atoms with Gasteiger partial charge in [-0.15, -0.1) is 0 Å². The van der Waals surface area contributed by atoms with Crippen LogP contribution < -0.4 is 5.32 Å². The van der Waals surface area contributed by atoms with E-state index in [2.05, 4.69) is 26.2 Å². The van der Waals surface area contributed by atoms with Gasteiger partial charge in [-0.1, -0.05) is 15.9 Å². The second-order valence-electron chi connectivity index (χ2n) is 4.87. The highest BCUT2D eigenvalue weighted by atomic mass is 79.9. The Morgan fingerprint density at radius 2 is 1.68 bits per heavy atom. The lowest BCUT2D eigenvalue weighted by molar-refractivity contribution is -0.144. The van der Waals surface area contributed by atoms with Crippen molar-refractivity contribution in [2.45, 2.75) is 25.4 Å². The van der Waals surface area contributed by atoms with E-state index in [1.54, 1.807) is 0 Å². The predicted molar refractivity (Wildman–Crippen MR) is 70.0 cm³/mol. The standard InChI is InChI=1S/C13H7BrF6N2/c14-8-1-5-3-21-4-6(5)11-10(8)7(12(15,16)17)2-9(22-11)13(18,19)20/h1-2,21H,3-4H2. The molecule has 0 bridgehead atoms. The number of aromatic nitrogens is 1. The number of hydrogen-bond donors (Lipinski definition) is 1. The number of halogens is 7. The van der Waals surface area contributed by atoms with Gasteiger partial charge < -0.3 is 5.32 Å². The van der Waals surface area contributed by atoms with Crippen molar-refractivity contribution in [3.8, 4) is 0 Å². The van der Waals surface area contributed by atoms with Gasteiger partial charge in [0.25, 0.3) is 0 Å². The Balaban J connectivity index is 2.47. The van der Waals surface area contributed by atoms with Crippen LogP contribution in [0.4, 0.5) is 26.3 Å². The van der Waals surface area contributed by atoms with E-state index in [-0.39, 0.29) is 28.0 Å². The number of pyridine rings is 1. The highest BCUT2D eigenvalue weighted by Crippen LogP contribution is 2.43. The molecule has 118 valence electrons. The monoisotopic (exact) mass is 384 g/mol. The van der Waals surface area contributed by atoms with Crippen LogP contribution in [-0.2, 0) is 25.4 Å². The van der Waals surface area contributed by atoms with Gasteiger partial charge in [0.2, 0.25) is 0 Å². The van der Waals surface area contributed by atoms with Gasteiger partial charge in [0, 0.05) is 22.9 Å². The fourth-order valence-corrected chi connectivity index (χ4v) is 3.19. The smallest absolute Gasteiger partial charge is 0.309 e. The molecule has 1 aliphatic heterocycles. The first-order valence-corrected chi connectivity index (χ1v) is 6.88. The Kier molecular flexibility index (Phi) is 3.41. The third-order valence-corrected chi connectivity index (χ3v) is 4.07. The van der Waals surface area contributed by atoms with E-state index >= 15 is 0 Å². The molecule has 9 heteroatoms. The zero-order valence-electron chi connectivity index (χ0n) is 10.7. The summed E-state index contributed by atoms with van der Waals surface area (Å²) in [4.78, 5) is 3.46. The van der Waals surface area contributed by atoms with Crippen LogP contribution in [0.25, 0.3) is 10.9 Å². The third kappa shape index (κ3) is 2.45. The maximum atomic E-state index is 13.2. The van der Waals surface area contributed by atoms with Gasteiger partial charge in [-0.25, -0.2) is 4.98 Å². The Labute approximate surface area is 128 Å². The van der Waals surface area contributed by atoms with Gasteiger partial charge in [0.05, 0.1) is 11.1 Å². The van der Waals surface area contributed by atoms with Gasteiger partial charge >= 0.3 is 12.4 Å². The lowest BCUT2D eigenvalue weighted by Gasteiger charge is -2.17. The molecule has 2 heterocycles. The van der Waals surface area contributed by atoms with Crippen LogP contribution in [-0.4, -0.2) is 4.98 Å². The Morgan fingerprint density at radius 1 is 1.00 bits per heavy atom. The third-order valence-electron chi connectivity index (χ3n) is 3.45. The summed E-state index contributed by atoms with van der Waals surface area (Å²) in [5, 5.41) is 2.56. The molecule has 3 rings (SSSR count). The van der Waals surface area contributed by atoms with Gasteiger partial charge in [-0.2, -0.15) is 26.3 Å². The fraction of sp³-hybridized carbons (Fsp3) is 0.308. The summed E-state index contributed by atoms with van der Waals surface area (Å²) in [5.74, 6) is 0. The van der Waals surface area contributed by atoms with Crippen LogP contribution >= 0.6 is 15.9 Å². The van der Waals surface area contributed by atoms with E-state index in [1.165, 1.54) is 6.07 Å². The zero-order valence-corrected chi connectivity index (χ0v) is 12.2. The zero-order chi connectivity index (χ0) is 16.3. The second-order valence-corrected chi connectivity index (χ2v) is 5.73. The molecule has 0 saturated heterocycles. The number of rotatable bonds is 0. The van der Waals surface area contributed by atoms with E-state index in [0.29, 0.717) is 17.7 Å². The van der Waals surface area contributed by atoms with Crippen molar-refractivity contribution in [1.29, 1.82) is 0 Å². The maximum Gasteiger partial charge on any atom is 0.433 e. The summed E-state index contributed by atoms with van der Waals surface area (Å²) in [5.41, 5.74) is -2.14. The topological polar surface area (TPSA) is 24.9 Å². The molecule has 1 N–H and O–H groups in total. The molecular formula is C13H7BrF6N2. The molecule has 0 fully saturated rings. The second kappa shape index (κ2) is 4.82. The van der Waals surface area contributed by atoms with Crippen molar-refractivity contribution in [2.75, 3.05) is 0 Å². The summed E-state index contributed by atoms with van der Waals surface area (Å²) in [7, 11) is 0. The van der Waals surface area contributed by atoms with Crippen molar-refractivity contribution >= 4 is 26.8 Å². The highest BCUT2D eigenvalue weighted by Gasteiger charge is 2.40. The van der Waals surface area contributed by atoms with Crippen LogP contribution in [0.1, 0.15) is 22.4 Å². The first-order chi connectivity index (χ1) is 10.1. The van der Waals surface area contributed by atoms with Gasteiger partial charge in [0.1, 0.15) is 5.69 Å². The normalized spacial score (nSPS) is 15.4. The van der Waals surface area contributed by atoms with Crippen molar-refractivity contribution in [3.63, 3.8) is 0 Å². The molecule has 2 nitrogen and oxygen atoms in total. The largest absolute Gasteiger partial charge is 0.433 e. The van der Waals surface area contributed by atoms with E-state index in [0.717, 1.165) is 0 Å². The number of nitrogens with one attached hydrogen (secondary N) is 1. The quantitative estimate of drug-likeness (QED) is 0.669. The van der Waals surface area contributed by atoms with Crippen LogP contribution in [0.5, 0.6) is 0 Å². The maximum absolute atomic E-state index is 13.2. The van der Waals surface area contributed by atoms with Gasteiger partial charge in [-0.05, 0) is 23.3 Å². The number of hydrogen-bond acceptors (Lipinski definition) is 2. The van der Waals surface area contributed by atoms with Crippen molar-refractivity contribution < 1.29 is 26.3 Å². The van der Waals surface area contributed by atoms with E-state index in [4.69, 9.17) is 0 Å². The Hall–Kier alpha value is -1.35. The Morgan fingerprint density at radius 3 is 2.27 bits per heavy atom. The van der Waals surface area contributed by atoms with Crippen LogP contribution in [0.15, 0.2) is 16.6 Å². The molecule has 22 heavy (non-hydrogen) atoms. The summed E-state index contributed by atoms with van der Waals surface area (Å²) < 4.78 is 78.3. The minimum absolute atomic E-state index is 0.0574.